The molecule has 1 heterocycles. The molecule has 1 amide bonds. The Balaban J connectivity index is 2.42. The highest BCUT2D eigenvalue weighted by Gasteiger charge is 2.46. The second kappa shape index (κ2) is 4.58. The number of hydrogen-bond acceptors (Lipinski definition) is 1. The van der Waals surface area contributed by atoms with Crippen molar-refractivity contribution in [2.75, 3.05) is 16.4 Å². The van der Waals surface area contributed by atoms with Gasteiger partial charge in [0.25, 0.3) is 0 Å². The van der Waals surface area contributed by atoms with Crippen LogP contribution in [0.1, 0.15) is 12.5 Å². The van der Waals surface area contributed by atoms with Gasteiger partial charge in [0, 0.05) is 20.7 Å². The van der Waals surface area contributed by atoms with E-state index in [0.29, 0.717) is 0 Å². The maximum absolute atomic E-state index is 12.5. The van der Waals surface area contributed by atoms with E-state index in [0.717, 1.165) is 10.1 Å². The van der Waals surface area contributed by atoms with E-state index in [9.17, 15) is 4.79 Å². The first-order valence-corrected chi connectivity index (χ1v) is 8.66. The number of carbonyl (C=O) groups is 1. The summed E-state index contributed by atoms with van der Waals surface area (Å²) in [6.07, 6.45) is 0. The molecule has 98 valence electrons. The molecule has 0 aromatic heterocycles. The Bertz CT molecular complexity index is 698. The van der Waals surface area contributed by atoms with E-state index in [4.69, 9.17) is 0 Å². The normalized spacial score (nSPS) is 22.1. The van der Waals surface area contributed by atoms with Crippen LogP contribution in [0.5, 0.6) is 0 Å². The Morgan fingerprint density at radius 2 is 2.00 bits per heavy atom. The van der Waals surface area contributed by atoms with Gasteiger partial charge < -0.3 is 4.90 Å². The van der Waals surface area contributed by atoms with Crippen molar-refractivity contribution in [3.63, 3.8) is 0 Å². The lowest BCUT2D eigenvalue weighted by atomic mass is 9.83. The fraction of sp³-hybridized carbons (Fsp3) is 0.267. The van der Waals surface area contributed by atoms with Gasteiger partial charge in [-0.2, -0.15) is 0 Å². The van der Waals surface area contributed by atoms with Gasteiger partial charge >= 0.3 is 0 Å². The first-order valence-electron chi connectivity index (χ1n) is 6.06. The largest absolute Gasteiger partial charge is 0.314 e. The van der Waals surface area contributed by atoms with Crippen molar-refractivity contribution in [2.45, 2.75) is 12.3 Å². The molecule has 2 aromatic rings. The van der Waals surface area contributed by atoms with Gasteiger partial charge in [0.15, 0.2) is 0 Å². The van der Waals surface area contributed by atoms with Crippen molar-refractivity contribution < 1.29 is 4.79 Å². The fourth-order valence-electron chi connectivity index (χ4n) is 2.86. The summed E-state index contributed by atoms with van der Waals surface area (Å²) >= 11 is 4.64. The van der Waals surface area contributed by atoms with Crippen LogP contribution in [0.2, 0.25) is 0 Å². The lowest BCUT2D eigenvalue weighted by Crippen LogP contribution is -2.37. The minimum Gasteiger partial charge on any atom is -0.314 e. The van der Waals surface area contributed by atoms with Gasteiger partial charge in [-0.3, -0.25) is 4.79 Å². The van der Waals surface area contributed by atoms with Crippen molar-refractivity contribution in [2.24, 2.45) is 0 Å². The summed E-state index contributed by atoms with van der Waals surface area (Å²) in [6, 6.07) is 10.6. The third kappa shape index (κ3) is 1.82. The lowest BCUT2D eigenvalue weighted by Gasteiger charge is -2.21. The number of rotatable bonds is 1. The number of anilines is 1. The van der Waals surface area contributed by atoms with Gasteiger partial charge in [-0.05, 0) is 64.0 Å². The number of likely N-dealkylation sites (N-methyl/N-ethyl adjacent to an activating group) is 1. The van der Waals surface area contributed by atoms with E-state index in [1.165, 1.54) is 19.9 Å². The molecule has 19 heavy (non-hydrogen) atoms. The van der Waals surface area contributed by atoms with Gasteiger partial charge in [0.05, 0.1) is 5.41 Å². The standard InChI is InChI=1S/C15H13I2NO/c1-15(8-16)13-11-5-4-10(17)7-9(11)3-6-12(13)18(2)14(15)19/h3-7H,8H2,1-2H3. The number of fused-ring (bicyclic) bond motifs is 3. The zero-order valence-corrected chi connectivity index (χ0v) is 15.0. The monoisotopic (exact) mass is 477 g/mol. The zero-order chi connectivity index (χ0) is 13.8. The number of benzene rings is 2. The molecule has 3 rings (SSSR count). The van der Waals surface area contributed by atoms with Crippen LogP contribution in [0.15, 0.2) is 30.3 Å². The molecule has 0 radical (unpaired) electrons. The molecular weight excluding hydrogens is 464 g/mol. The van der Waals surface area contributed by atoms with Crippen molar-refractivity contribution >= 4 is 67.5 Å². The molecule has 1 aliphatic rings. The van der Waals surface area contributed by atoms with Crippen LogP contribution >= 0.6 is 45.2 Å². The lowest BCUT2D eigenvalue weighted by molar-refractivity contribution is -0.121. The molecule has 0 saturated carbocycles. The molecule has 1 unspecified atom stereocenters. The topological polar surface area (TPSA) is 20.3 Å². The Labute approximate surface area is 139 Å². The van der Waals surface area contributed by atoms with Crippen molar-refractivity contribution in [1.29, 1.82) is 0 Å². The van der Waals surface area contributed by atoms with Gasteiger partial charge in [-0.25, -0.2) is 0 Å². The first kappa shape index (κ1) is 13.6. The van der Waals surface area contributed by atoms with Crippen molar-refractivity contribution in [3.05, 3.63) is 39.5 Å². The summed E-state index contributed by atoms with van der Waals surface area (Å²) in [5, 5.41) is 2.42. The van der Waals surface area contributed by atoms with Crippen molar-refractivity contribution in [3.8, 4) is 0 Å². The summed E-state index contributed by atoms with van der Waals surface area (Å²) in [6.45, 7) is 2.06. The van der Waals surface area contributed by atoms with Crippen LogP contribution < -0.4 is 4.90 Å². The smallest absolute Gasteiger partial charge is 0.237 e. The Morgan fingerprint density at radius 1 is 1.26 bits per heavy atom. The molecule has 1 aliphatic heterocycles. The van der Waals surface area contributed by atoms with Crippen LogP contribution in [0.4, 0.5) is 5.69 Å². The molecule has 0 saturated heterocycles. The average Bonchev–Trinajstić information content (AvgIpc) is 2.61. The molecule has 0 bridgehead atoms. The number of carbonyl (C=O) groups excluding carboxylic acids is 1. The second-order valence-electron chi connectivity index (χ2n) is 5.16. The van der Waals surface area contributed by atoms with Crippen LogP contribution in [-0.2, 0) is 10.2 Å². The third-order valence-corrected chi connectivity index (χ3v) is 6.11. The molecule has 4 heteroatoms. The molecule has 0 N–H and O–H groups in total. The molecule has 0 spiro atoms. The summed E-state index contributed by atoms with van der Waals surface area (Å²) < 4.78 is 2.02. The van der Waals surface area contributed by atoms with Gasteiger partial charge in [0.2, 0.25) is 5.91 Å². The molecule has 1 atom stereocenters. The zero-order valence-electron chi connectivity index (χ0n) is 10.7. The predicted octanol–water partition coefficient (Wildman–Crippen LogP) is 4.11. The highest BCUT2D eigenvalue weighted by atomic mass is 127. The highest BCUT2D eigenvalue weighted by Crippen LogP contribution is 2.46. The molecule has 0 fully saturated rings. The second-order valence-corrected chi connectivity index (χ2v) is 7.16. The van der Waals surface area contributed by atoms with Gasteiger partial charge in [-0.15, -0.1) is 0 Å². The van der Waals surface area contributed by atoms with E-state index >= 15 is 0 Å². The van der Waals surface area contributed by atoms with Crippen LogP contribution in [0.3, 0.4) is 0 Å². The van der Waals surface area contributed by atoms with E-state index in [-0.39, 0.29) is 5.91 Å². The van der Waals surface area contributed by atoms with Gasteiger partial charge in [-0.1, -0.05) is 34.7 Å². The SMILES string of the molecule is CN1C(=O)C(C)(CI)c2c1ccc1cc(I)ccc21. The number of halogens is 2. The predicted molar refractivity (Wildman–Crippen MR) is 96.3 cm³/mol. The number of hydrogen-bond donors (Lipinski definition) is 0. The highest BCUT2D eigenvalue weighted by molar-refractivity contribution is 14.1. The third-order valence-electron chi connectivity index (χ3n) is 3.92. The molecule has 0 aliphatic carbocycles. The maximum atomic E-state index is 12.5. The van der Waals surface area contributed by atoms with E-state index in [1.807, 2.05) is 7.05 Å². The van der Waals surface area contributed by atoms with Crippen LogP contribution in [0.25, 0.3) is 10.8 Å². The number of alkyl halides is 1. The number of amides is 1. The minimum atomic E-state index is -0.406. The van der Waals surface area contributed by atoms with Crippen LogP contribution in [0, 0.1) is 3.57 Å². The first-order chi connectivity index (χ1) is 8.99. The summed E-state index contributed by atoms with van der Waals surface area (Å²) in [5.74, 6) is 0.197. The average molecular weight is 477 g/mol. The Morgan fingerprint density at radius 3 is 2.68 bits per heavy atom. The van der Waals surface area contributed by atoms with E-state index in [1.54, 1.807) is 4.90 Å². The number of nitrogens with zero attached hydrogens (tertiary/aromatic N) is 1. The van der Waals surface area contributed by atoms with E-state index < -0.39 is 5.41 Å². The van der Waals surface area contributed by atoms with Gasteiger partial charge in [0.1, 0.15) is 0 Å². The summed E-state index contributed by atoms with van der Waals surface area (Å²) in [5.41, 5.74) is 1.83. The maximum Gasteiger partial charge on any atom is 0.237 e. The fourth-order valence-corrected chi connectivity index (χ4v) is 4.08. The summed E-state index contributed by atoms with van der Waals surface area (Å²) in [7, 11) is 1.87. The van der Waals surface area contributed by atoms with Crippen molar-refractivity contribution in [1.82, 2.24) is 0 Å². The molecule has 2 aromatic carbocycles. The summed E-state index contributed by atoms with van der Waals surface area (Å²) in [4.78, 5) is 14.3. The van der Waals surface area contributed by atoms with E-state index in [2.05, 4.69) is 82.4 Å². The molecular formula is C15H13I2NO. The Hall–Kier alpha value is -0.370. The van der Waals surface area contributed by atoms with Crippen LogP contribution in [-0.4, -0.2) is 17.4 Å². The molecule has 2 nitrogen and oxygen atoms in total. The quantitative estimate of drug-likeness (QED) is 0.448. The Kier molecular flexibility index (Phi) is 3.28. The minimum absolute atomic E-state index is 0.197.